The highest BCUT2D eigenvalue weighted by Gasteiger charge is 2.23. The van der Waals surface area contributed by atoms with Crippen molar-refractivity contribution >= 4 is 11.8 Å². The lowest BCUT2D eigenvalue weighted by Gasteiger charge is -2.26. The molecule has 20 heavy (non-hydrogen) atoms. The Morgan fingerprint density at radius 2 is 2.10 bits per heavy atom. The van der Waals surface area contributed by atoms with E-state index in [0.717, 1.165) is 32.1 Å². The first-order chi connectivity index (χ1) is 9.63. The first-order valence-corrected chi connectivity index (χ1v) is 7.60. The molecule has 0 radical (unpaired) electrons. The van der Waals surface area contributed by atoms with Gasteiger partial charge >= 0.3 is 5.97 Å². The lowest BCUT2D eigenvalue weighted by Crippen LogP contribution is -2.32. The molecule has 1 rings (SSSR count). The van der Waals surface area contributed by atoms with Crippen molar-refractivity contribution in [1.82, 2.24) is 0 Å². The molecule has 0 aromatic rings. The van der Waals surface area contributed by atoms with Crippen LogP contribution in [0.3, 0.4) is 0 Å². The second kappa shape index (κ2) is 9.70. The van der Waals surface area contributed by atoms with Crippen LogP contribution in [0, 0.1) is 0 Å². The summed E-state index contributed by atoms with van der Waals surface area (Å²) in [4.78, 5) is 22.4. The maximum Gasteiger partial charge on any atom is 0.303 e. The highest BCUT2D eigenvalue weighted by atomic mass is 16.6. The molecular formula is C16H26O4. The van der Waals surface area contributed by atoms with Crippen molar-refractivity contribution in [2.24, 2.45) is 0 Å². The van der Waals surface area contributed by atoms with E-state index in [0.29, 0.717) is 19.4 Å². The molecule has 114 valence electrons. The van der Waals surface area contributed by atoms with Crippen LogP contribution in [0.2, 0.25) is 0 Å². The van der Waals surface area contributed by atoms with Crippen LogP contribution >= 0.6 is 0 Å². The van der Waals surface area contributed by atoms with Gasteiger partial charge in [-0.15, -0.1) is 0 Å². The largest absolute Gasteiger partial charge is 0.456 e. The summed E-state index contributed by atoms with van der Waals surface area (Å²) >= 11 is 0. The molecule has 0 amide bonds. The van der Waals surface area contributed by atoms with Gasteiger partial charge in [0.1, 0.15) is 11.9 Å². The number of ether oxygens (including phenoxy) is 2. The van der Waals surface area contributed by atoms with Crippen LogP contribution in [0.4, 0.5) is 0 Å². The molecule has 0 bridgehead atoms. The molecule has 0 aliphatic heterocycles. The third-order valence-corrected chi connectivity index (χ3v) is 3.43. The predicted molar refractivity (Wildman–Crippen MR) is 77.4 cm³/mol. The number of Topliss-reactive ketones (excluding diaryl/α,β-unsaturated/α-hetero) is 1. The van der Waals surface area contributed by atoms with Gasteiger partial charge in [0, 0.05) is 26.4 Å². The number of allylic oxidation sites excluding steroid dienone is 1. The summed E-state index contributed by atoms with van der Waals surface area (Å²) in [6.07, 6.45) is 9.62. The van der Waals surface area contributed by atoms with E-state index in [1.54, 1.807) is 0 Å². The minimum Gasteiger partial charge on any atom is -0.456 e. The third-order valence-electron chi connectivity index (χ3n) is 3.43. The van der Waals surface area contributed by atoms with Crippen LogP contribution in [0.15, 0.2) is 12.2 Å². The number of hydrogen-bond donors (Lipinski definition) is 0. The van der Waals surface area contributed by atoms with E-state index in [1.807, 2.05) is 13.0 Å². The number of carbonyl (C=O) groups is 2. The minimum atomic E-state index is -0.297. The van der Waals surface area contributed by atoms with Crippen LogP contribution in [-0.2, 0) is 19.1 Å². The molecular weight excluding hydrogens is 256 g/mol. The normalized spacial score (nSPS) is 24.5. The highest BCUT2D eigenvalue weighted by molar-refractivity contribution is 5.77. The first-order valence-electron chi connectivity index (χ1n) is 7.60. The van der Waals surface area contributed by atoms with Gasteiger partial charge in [0.2, 0.25) is 0 Å². The van der Waals surface area contributed by atoms with Gasteiger partial charge in [0.25, 0.3) is 0 Å². The van der Waals surface area contributed by atoms with Gasteiger partial charge < -0.3 is 9.47 Å². The molecule has 0 saturated heterocycles. The number of carbonyl (C=O) groups excluding carboxylic acids is 2. The van der Waals surface area contributed by atoms with Crippen molar-refractivity contribution in [3.05, 3.63) is 12.2 Å². The first kappa shape index (κ1) is 16.9. The van der Waals surface area contributed by atoms with Gasteiger partial charge in [-0.2, -0.15) is 0 Å². The molecule has 0 fully saturated rings. The average molecular weight is 282 g/mol. The van der Waals surface area contributed by atoms with Crippen molar-refractivity contribution in [2.45, 2.75) is 71.0 Å². The summed E-state index contributed by atoms with van der Waals surface area (Å²) in [6, 6.07) is 0. The Bertz CT molecular complexity index is 335. The van der Waals surface area contributed by atoms with Crippen molar-refractivity contribution in [3.8, 4) is 0 Å². The Hall–Kier alpha value is -1.16. The van der Waals surface area contributed by atoms with E-state index >= 15 is 0 Å². The quantitative estimate of drug-likeness (QED) is 0.409. The van der Waals surface area contributed by atoms with Crippen LogP contribution in [0.5, 0.6) is 0 Å². The summed E-state index contributed by atoms with van der Waals surface area (Å²) < 4.78 is 11.2. The van der Waals surface area contributed by atoms with Gasteiger partial charge in [0.15, 0.2) is 0 Å². The zero-order valence-electron chi connectivity index (χ0n) is 12.6. The zero-order valence-corrected chi connectivity index (χ0v) is 12.6. The average Bonchev–Trinajstić information content (AvgIpc) is 2.39. The second-order valence-electron chi connectivity index (χ2n) is 5.19. The van der Waals surface area contributed by atoms with Gasteiger partial charge in [-0.05, 0) is 31.8 Å². The monoisotopic (exact) mass is 282 g/mol. The Balaban J connectivity index is 2.43. The van der Waals surface area contributed by atoms with Crippen molar-refractivity contribution in [3.63, 3.8) is 0 Å². The van der Waals surface area contributed by atoms with E-state index in [1.165, 1.54) is 6.92 Å². The van der Waals surface area contributed by atoms with Crippen molar-refractivity contribution in [1.29, 1.82) is 0 Å². The number of esters is 1. The summed E-state index contributed by atoms with van der Waals surface area (Å²) in [5.41, 5.74) is 0. The standard InChI is InChI=1S/C16H26O4/c1-3-14(18)9-8-12-19-15-10-6-4-5-7-11-16(15)20-13(2)17/h7,11,15-16H,3-6,8-10,12H2,1-2H3/b11-7+. The fourth-order valence-corrected chi connectivity index (χ4v) is 2.29. The van der Waals surface area contributed by atoms with E-state index in [4.69, 9.17) is 9.47 Å². The molecule has 0 saturated carbocycles. The predicted octanol–water partition coefficient (Wildman–Crippen LogP) is 3.19. The molecule has 0 N–H and O–H groups in total. The van der Waals surface area contributed by atoms with E-state index in [2.05, 4.69) is 6.08 Å². The Kier molecular flexibility index (Phi) is 8.19. The van der Waals surface area contributed by atoms with Gasteiger partial charge in [-0.1, -0.05) is 19.4 Å². The topological polar surface area (TPSA) is 52.6 Å². The van der Waals surface area contributed by atoms with Gasteiger partial charge in [0.05, 0.1) is 6.10 Å². The van der Waals surface area contributed by atoms with E-state index in [9.17, 15) is 9.59 Å². The van der Waals surface area contributed by atoms with Crippen LogP contribution in [0.25, 0.3) is 0 Å². The van der Waals surface area contributed by atoms with Crippen molar-refractivity contribution in [2.75, 3.05) is 6.61 Å². The smallest absolute Gasteiger partial charge is 0.303 e. The Morgan fingerprint density at radius 3 is 2.80 bits per heavy atom. The fraction of sp³-hybridized carbons (Fsp3) is 0.750. The molecule has 1 aliphatic rings. The lowest BCUT2D eigenvalue weighted by molar-refractivity contribution is -0.151. The second-order valence-corrected chi connectivity index (χ2v) is 5.19. The SMILES string of the molecule is CCC(=O)CCCOC1CCCC/C=C/C1OC(C)=O. The Morgan fingerprint density at radius 1 is 1.30 bits per heavy atom. The molecule has 0 heterocycles. The number of rotatable bonds is 7. The summed E-state index contributed by atoms with van der Waals surface area (Å²) in [5.74, 6) is -0.0160. The van der Waals surface area contributed by atoms with E-state index < -0.39 is 0 Å². The lowest BCUT2D eigenvalue weighted by atomic mass is 10.0. The summed E-state index contributed by atoms with van der Waals surface area (Å²) in [7, 11) is 0. The molecule has 1 aliphatic carbocycles. The molecule has 4 nitrogen and oxygen atoms in total. The molecule has 0 spiro atoms. The maximum atomic E-state index is 11.2. The summed E-state index contributed by atoms with van der Waals surface area (Å²) in [5, 5.41) is 0. The molecule has 0 aromatic carbocycles. The third kappa shape index (κ3) is 6.85. The molecule has 0 aromatic heterocycles. The molecule has 2 atom stereocenters. The molecule has 4 heteroatoms. The van der Waals surface area contributed by atoms with Crippen LogP contribution < -0.4 is 0 Å². The number of ketones is 1. The number of hydrogen-bond acceptors (Lipinski definition) is 4. The van der Waals surface area contributed by atoms with Gasteiger partial charge in [-0.3, -0.25) is 9.59 Å². The van der Waals surface area contributed by atoms with Gasteiger partial charge in [-0.25, -0.2) is 0 Å². The highest BCUT2D eigenvalue weighted by Crippen LogP contribution is 2.19. The minimum absolute atomic E-state index is 0.0906. The van der Waals surface area contributed by atoms with E-state index in [-0.39, 0.29) is 24.0 Å². The maximum absolute atomic E-state index is 11.2. The van der Waals surface area contributed by atoms with Crippen LogP contribution in [0.1, 0.15) is 58.8 Å². The Labute approximate surface area is 121 Å². The molecule has 2 unspecified atom stereocenters. The van der Waals surface area contributed by atoms with Crippen molar-refractivity contribution < 1.29 is 19.1 Å². The summed E-state index contributed by atoms with van der Waals surface area (Å²) in [6.45, 7) is 3.84. The zero-order chi connectivity index (χ0) is 14.8. The fourth-order valence-electron chi connectivity index (χ4n) is 2.29. The van der Waals surface area contributed by atoms with Crippen LogP contribution in [-0.4, -0.2) is 30.6 Å².